The van der Waals surface area contributed by atoms with Crippen LogP contribution in [0.5, 0.6) is 0 Å². The quantitative estimate of drug-likeness (QED) is 0.788. The number of hydrogen-bond donors (Lipinski definition) is 3. The first kappa shape index (κ1) is 16.4. The van der Waals surface area contributed by atoms with Gasteiger partial charge in [0.25, 0.3) is 5.91 Å². The summed E-state index contributed by atoms with van der Waals surface area (Å²) < 4.78 is 0. The van der Waals surface area contributed by atoms with Crippen LogP contribution in [0.25, 0.3) is 0 Å². The molecule has 2 amide bonds. The SMILES string of the molecule is CN1CCc2nc(NC(=O)c3cccc(CNC(=O)O)c3)sc2C1. The number of anilines is 1. The summed E-state index contributed by atoms with van der Waals surface area (Å²) in [7, 11) is 2.07. The van der Waals surface area contributed by atoms with Gasteiger partial charge < -0.3 is 15.3 Å². The van der Waals surface area contributed by atoms with Gasteiger partial charge in [-0.15, -0.1) is 11.3 Å². The first-order chi connectivity index (χ1) is 11.5. The summed E-state index contributed by atoms with van der Waals surface area (Å²) in [4.78, 5) is 30.9. The fourth-order valence-corrected chi connectivity index (χ4v) is 3.63. The van der Waals surface area contributed by atoms with Gasteiger partial charge in [-0.05, 0) is 24.7 Å². The summed E-state index contributed by atoms with van der Waals surface area (Å²) in [6.07, 6.45) is -0.197. The summed E-state index contributed by atoms with van der Waals surface area (Å²) in [5.74, 6) is -0.244. The highest BCUT2D eigenvalue weighted by molar-refractivity contribution is 7.15. The number of aromatic nitrogens is 1. The van der Waals surface area contributed by atoms with Gasteiger partial charge in [0.2, 0.25) is 0 Å². The largest absolute Gasteiger partial charge is 0.465 e. The third-order valence-electron chi connectivity index (χ3n) is 3.78. The number of benzene rings is 1. The molecule has 24 heavy (non-hydrogen) atoms. The van der Waals surface area contributed by atoms with Crippen LogP contribution < -0.4 is 10.6 Å². The van der Waals surface area contributed by atoms with Gasteiger partial charge in [-0.3, -0.25) is 10.1 Å². The highest BCUT2D eigenvalue weighted by atomic mass is 32.1. The summed E-state index contributed by atoms with van der Waals surface area (Å²) in [5.41, 5.74) is 2.27. The number of rotatable bonds is 4. The standard InChI is InChI=1S/C16H18N4O3S/c1-20-6-5-12-13(9-20)24-15(18-12)19-14(21)11-4-2-3-10(7-11)8-17-16(22)23/h2-4,7,17H,5-6,8-9H2,1H3,(H,22,23)(H,18,19,21). The Morgan fingerprint density at radius 3 is 3.04 bits per heavy atom. The number of amides is 2. The van der Waals surface area contributed by atoms with Crippen LogP contribution >= 0.6 is 11.3 Å². The number of fused-ring (bicyclic) bond motifs is 1. The number of carboxylic acid groups (broad SMARTS) is 1. The van der Waals surface area contributed by atoms with E-state index in [2.05, 4.69) is 27.6 Å². The van der Waals surface area contributed by atoms with Crippen molar-refractivity contribution in [2.24, 2.45) is 0 Å². The van der Waals surface area contributed by atoms with Gasteiger partial charge in [0, 0.05) is 36.5 Å². The molecule has 0 bridgehead atoms. The van der Waals surface area contributed by atoms with Gasteiger partial charge >= 0.3 is 6.09 Å². The van der Waals surface area contributed by atoms with Crippen molar-refractivity contribution < 1.29 is 14.7 Å². The molecule has 0 radical (unpaired) electrons. The van der Waals surface area contributed by atoms with Crippen LogP contribution in [0.3, 0.4) is 0 Å². The second-order valence-corrected chi connectivity index (χ2v) is 6.77. The number of nitrogens with one attached hydrogen (secondary N) is 2. The van der Waals surface area contributed by atoms with Crippen LogP contribution in [0, 0.1) is 0 Å². The normalized spacial score (nSPS) is 14.0. The molecule has 0 atom stereocenters. The van der Waals surface area contributed by atoms with Crippen molar-refractivity contribution >= 4 is 28.5 Å². The molecule has 126 valence electrons. The maximum absolute atomic E-state index is 12.4. The third-order valence-corrected chi connectivity index (χ3v) is 4.77. The van der Waals surface area contributed by atoms with E-state index in [1.165, 1.54) is 16.2 Å². The fourth-order valence-electron chi connectivity index (χ4n) is 2.55. The molecular weight excluding hydrogens is 328 g/mol. The lowest BCUT2D eigenvalue weighted by Gasteiger charge is -2.20. The summed E-state index contributed by atoms with van der Waals surface area (Å²) in [6.45, 7) is 2.00. The molecule has 1 aliphatic rings. The van der Waals surface area contributed by atoms with E-state index in [-0.39, 0.29) is 12.5 Å². The van der Waals surface area contributed by atoms with Crippen LogP contribution in [0.15, 0.2) is 24.3 Å². The molecule has 2 heterocycles. The molecule has 8 heteroatoms. The summed E-state index contributed by atoms with van der Waals surface area (Å²) >= 11 is 1.51. The Morgan fingerprint density at radius 2 is 2.25 bits per heavy atom. The van der Waals surface area contributed by atoms with E-state index in [0.29, 0.717) is 10.7 Å². The molecule has 0 saturated heterocycles. The average molecular weight is 346 g/mol. The van der Waals surface area contributed by atoms with Gasteiger partial charge in [0.05, 0.1) is 5.69 Å². The molecule has 2 aromatic rings. The first-order valence-electron chi connectivity index (χ1n) is 7.55. The molecule has 3 rings (SSSR count). The number of hydrogen-bond acceptors (Lipinski definition) is 5. The molecule has 1 aromatic heterocycles. The number of carbonyl (C=O) groups excluding carboxylic acids is 1. The molecule has 0 spiro atoms. The van der Waals surface area contributed by atoms with E-state index < -0.39 is 6.09 Å². The molecule has 0 saturated carbocycles. The second-order valence-electron chi connectivity index (χ2n) is 5.69. The predicted octanol–water partition coefficient (Wildman–Crippen LogP) is 2.15. The Labute approximate surface area is 143 Å². The predicted molar refractivity (Wildman–Crippen MR) is 91.4 cm³/mol. The number of carbonyl (C=O) groups is 2. The lowest BCUT2D eigenvalue weighted by atomic mass is 10.1. The minimum atomic E-state index is -1.09. The van der Waals surface area contributed by atoms with Crippen LogP contribution in [-0.2, 0) is 19.5 Å². The van der Waals surface area contributed by atoms with Crippen LogP contribution in [0.4, 0.5) is 9.93 Å². The lowest BCUT2D eigenvalue weighted by molar-refractivity contribution is 0.102. The van der Waals surface area contributed by atoms with Crippen molar-refractivity contribution in [3.8, 4) is 0 Å². The van der Waals surface area contributed by atoms with Crippen molar-refractivity contribution in [1.29, 1.82) is 0 Å². The molecule has 1 aliphatic heterocycles. The van der Waals surface area contributed by atoms with Crippen LogP contribution in [0.1, 0.15) is 26.5 Å². The van der Waals surface area contributed by atoms with E-state index in [9.17, 15) is 9.59 Å². The van der Waals surface area contributed by atoms with Crippen molar-refractivity contribution in [3.63, 3.8) is 0 Å². The van der Waals surface area contributed by atoms with Gasteiger partial charge in [0.1, 0.15) is 0 Å². The number of likely N-dealkylation sites (N-methyl/N-ethyl adjacent to an activating group) is 1. The van der Waals surface area contributed by atoms with Gasteiger partial charge in [-0.1, -0.05) is 12.1 Å². The zero-order valence-electron chi connectivity index (χ0n) is 13.2. The van der Waals surface area contributed by atoms with Crippen molar-refractivity contribution in [3.05, 3.63) is 46.0 Å². The molecule has 0 aliphatic carbocycles. The van der Waals surface area contributed by atoms with Crippen molar-refractivity contribution in [2.45, 2.75) is 19.5 Å². The molecule has 1 aromatic carbocycles. The van der Waals surface area contributed by atoms with Crippen LogP contribution in [0.2, 0.25) is 0 Å². The smallest absolute Gasteiger partial charge is 0.404 e. The van der Waals surface area contributed by atoms with Crippen LogP contribution in [-0.4, -0.2) is 40.6 Å². The van der Waals surface area contributed by atoms with E-state index in [0.717, 1.165) is 30.8 Å². The maximum Gasteiger partial charge on any atom is 0.404 e. The zero-order valence-corrected chi connectivity index (χ0v) is 14.0. The monoisotopic (exact) mass is 346 g/mol. The molecule has 7 nitrogen and oxygen atoms in total. The molecule has 0 unspecified atom stereocenters. The van der Waals surface area contributed by atoms with Crippen molar-refractivity contribution in [1.82, 2.24) is 15.2 Å². The average Bonchev–Trinajstić information content (AvgIpc) is 2.94. The van der Waals surface area contributed by atoms with E-state index >= 15 is 0 Å². The Morgan fingerprint density at radius 1 is 1.42 bits per heavy atom. The van der Waals surface area contributed by atoms with Gasteiger partial charge in [-0.2, -0.15) is 0 Å². The Balaban J connectivity index is 1.69. The van der Waals surface area contributed by atoms with E-state index in [4.69, 9.17) is 5.11 Å². The highest BCUT2D eigenvalue weighted by Crippen LogP contribution is 2.28. The minimum absolute atomic E-state index is 0.161. The Hall–Kier alpha value is -2.45. The molecular formula is C16H18N4O3S. The highest BCUT2D eigenvalue weighted by Gasteiger charge is 2.19. The third kappa shape index (κ3) is 3.90. The number of nitrogens with zero attached hydrogens (tertiary/aromatic N) is 2. The van der Waals surface area contributed by atoms with Gasteiger partial charge in [0.15, 0.2) is 5.13 Å². The topological polar surface area (TPSA) is 94.6 Å². The number of thiazole rings is 1. The first-order valence-corrected chi connectivity index (χ1v) is 8.37. The van der Waals surface area contributed by atoms with Gasteiger partial charge in [-0.25, -0.2) is 9.78 Å². The molecule has 0 fully saturated rings. The molecule has 3 N–H and O–H groups in total. The van der Waals surface area contributed by atoms with Crippen molar-refractivity contribution in [2.75, 3.05) is 18.9 Å². The van der Waals surface area contributed by atoms with E-state index in [1.54, 1.807) is 24.3 Å². The zero-order chi connectivity index (χ0) is 17.1. The Kier molecular flexibility index (Phi) is 4.77. The Bertz CT molecular complexity index is 774. The second kappa shape index (κ2) is 6.98. The summed E-state index contributed by atoms with van der Waals surface area (Å²) in [6, 6.07) is 6.87. The summed E-state index contributed by atoms with van der Waals surface area (Å²) in [5, 5.41) is 14.4. The fraction of sp³-hybridized carbons (Fsp3) is 0.312. The minimum Gasteiger partial charge on any atom is -0.465 e. The van der Waals surface area contributed by atoms with E-state index in [1.807, 2.05) is 0 Å². The lowest BCUT2D eigenvalue weighted by Crippen LogP contribution is -2.25. The maximum atomic E-state index is 12.4.